The number of aromatic nitrogens is 1. The molecule has 0 amide bonds. The molecule has 0 radical (unpaired) electrons. The molecule has 3 rings (SSSR count). The van der Waals surface area contributed by atoms with Crippen LogP contribution in [-0.4, -0.2) is 19.5 Å². The number of sulfonamides is 1. The lowest BCUT2D eigenvalue weighted by molar-refractivity contribution is 0.201. The summed E-state index contributed by atoms with van der Waals surface area (Å²) in [6, 6.07) is 11.2. The molecular weight excluding hydrogens is 348 g/mol. The first-order valence-electron chi connectivity index (χ1n) is 8.86. The van der Waals surface area contributed by atoms with Gasteiger partial charge in [-0.05, 0) is 55.9 Å². The van der Waals surface area contributed by atoms with Crippen molar-refractivity contribution in [1.29, 1.82) is 0 Å². The van der Waals surface area contributed by atoms with Crippen molar-refractivity contribution in [3.8, 4) is 5.88 Å². The fraction of sp³-hybridized carbons (Fsp3) is 0.350. The third-order valence-electron chi connectivity index (χ3n) is 4.38. The Morgan fingerprint density at radius 1 is 1.19 bits per heavy atom. The average Bonchev–Trinajstić information content (AvgIpc) is 3.13. The summed E-state index contributed by atoms with van der Waals surface area (Å²) in [5.41, 5.74) is 2.80. The van der Waals surface area contributed by atoms with Crippen molar-refractivity contribution >= 4 is 16.1 Å². The van der Waals surface area contributed by atoms with Gasteiger partial charge in [-0.25, -0.2) is 18.1 Å². The molecule has 0 saturated heterocycles. The van der Waals surface area contributed by atoms with E-state index in [1.54, 1.807) is 24.4 Å². The topological polar surface area (TPSA) is 68.3 Å². The quantitative estimate of drug-likeness (QED) is 0.803. The van der Waals surface area contributed by atoms with E-state index in [2.05, 4.69) is 9.71 Å². The normalized spacial score (nSPS) is 15.6. The van der Waals surface area contributed by atoms with Gasteiger partial charge in [0.1, 0.15) is 6.10 Å². The van der Waals surface area contributed by atoms with Crippen LogP contribution in [0.4, 0.5) is 0 Å². The lowest BCUT2D eigenvalue weighted by Gasteiger charge is -2.12. The van der Waals surface area contributed by atoms with Gasteiger partial charge < -0.3 is 4.74 Å². The zero-order valence-electron chi connectivity index (χ0n) is 14.9. The van der Waals surface area contributed by atoms with Gasteiger partial charge in [0.2, 0.25) is 15.9 Å². The zero-order valence-corrected chi connectivity index (χ0v) is 15.7. The summed E-state index contributed by atoms with van der Waals surface area (Å²) in [4.78, 5) is 4.22. The first kappa shape index (κ1) is 18.6. The van der Waals surface area contributed by atoms with E-state index in [4.69, 9.17) is 4.74 Å². The maximum Gasteiger partial charge on any atom is 0.234 e. The maximum absolute atomic E-state index is 12.2. The van der Waals surface area contributed by atoms with Gasteiger partial charge in [-0.1, -0.05) is 29.8 Å². The first-order chi connectivity index (χ1) is 12.5. The number of pyridine rings is 1. The van der Waals surface area contributed by atoms with E-state index in [9.17, 15) is 8.42 Å². The van der Waals surface area contributed by atoms with Crippen LogP contribution in [0.1, 0.15) is 42.4 Å². The number of nitrogens with one attached hydrogen (secondary N) is 1. The minimum atomic E-state index is -3.52. The molecule has 0 spiro atoms. The van der Waals surface area contributed by atoms with Gasteiger partial charge in [-0.2, -0.15) is 0 Å². The predicted molar refractivity (Wildman–Crippen MR) is 103 cm³/mol. The highest BCUT2D eigenvalue weighted by Crippen LogP contribution is 2.23. The number of rotatable bonds is 7. The van der Waals surface area contributed by atoms with Crippen LogP contribution < -0.4 is 9.46 Å². The Balaban J connectivity index is 1.57. The van der Waals surface area contributed by atoms with Crippen molar-refractivity contribution in [2.75, 3.05) is 0 Å². The molecule has 0 unspecified atom stereocenters. The van der Waals surface area contributed by atoms with Gasteiger partial charge in [0.15, 0.2) is 0 Å². The van der Waals surface area contributed by atoms with E-state index in [1.807, 2.05) is 31.2 Å². The molecule has 0 aliphatic heterocycles. The van der Waals surface area contributed by atoms with E-state index in [0.717, 1.165) is 29.5 Å². The molecule has 1 fully saturated rings. The molecule has 0 bridgehead atoms. The molecule has 26 heavy (non-hydrogen) atoms. The van der Waals surface area contributed by atoms with Crippen LogP contribution in [-0.2, 0) is 16.6 Å². The molecule has 5 nitrogen and oxygen atoms in total. The monoisotopic (exact) mass is 372 g/mol. The Morgan fingerprint density at radius 2 is 1.92 bits per heavy atom. The fourth-order valence-corrected chi connectivity index (χ4v) is 3.68. The van der Waals surface area contributed by atoms with Gasteiger partial charge in [0.05, 0.1) is 0 Å². The number of nitrogens with zero attached hydrogens (tertiary/aromatic N) is 1. The molecule has 6 heteroatoms. The van der Waals surface area contributed by atoms with Crippen LogP contribution in [0.15, 0.2) is 48.0 Å². The van der Waals surface area contributed by atoms with Crippen molar-refractivity contribution in [1.82, 2.24) is 9.71 Å². The Labute approximate surface area is 155 Å². The number of hydrogen-bond acceptors (Lipinski definition) is 4. The number of hydrogen-bond donors (Lipinski definition) is 1. The summed E-state index contributed by atoms with van der Waals surface area (Å²) in [5.74, 6) is 0.559. The van der Waals surface area contributed by atoms with Crippen molar-refractivity contribution in [2.45, 2.75) is 45.3 Å². The summed E-state index contributed by atoms with van der Waals surface area (Å²) in [6.07, 6.45) is 7.96. The molecule has 1 aromatic carbocycles. The lowest BCUT2D eigenvalue weighted by atomic mass is 10.2. The van der Waals surface area contributed by atoms with Crippen LogP contribution in [0.2, 0.25) is 0 Å². The molecule has 2 aromatic rings. The Bertz CT molecular complexity index is 855. The molecule has 138 valence electrons. The Kier molecular flexibility index (Phi) is 6.06. The number of benzene rings is 1. The van der Waals surface area contributed by atoms with Gasteiger partial charge in [-0.15, -0.1) is 0 Å². The van der Waals surface area contributed by atoms with Crippen LogP contribution >= 0.6 is 0 Å². The summed E-state index contributed by atoms with van der Waals surface area (Å²) >= 11 is 0. The summed E-state index contributed by atoms with van der Waals surface area (Å²) in [6.45, 7) is 2.19. The lowest BCUT2D eigenvalue weighted by Crippen LogP contribution is -2.20. The smallest absolute Gasteiger partial charge is 0.234 e. The minimum Gasteiger partial charge on any atom is -0.474 e. The Morgan fingerprint density at radius 3 is 2.65 bits per heavy atom. The average molecular weight is 372 g/mol. The van der Waals surface area contributed by atoms with Gasteiger partial charge in [-0.3, -0.25) is 0 Å². The largest absolute Gasteiger partial charge is 0.474 e. The minimum absolute atomic E-state index is 0.199. The fourth-order valence-electron chi connectivity index (χ4n) is 2.88. The molecule has 1 heterocycles. The Hall–Kier alpha value is -2.18. The van der Waals surface area contributed by atoms with Crippen LogP contribution in [0.5, 0.6) is 5.88 Å². The van der Waals surface area contributed by atoms with E-state index < -0.39 is 10.0 Å². The highest BCUT2D eigenvalue weighted by atomic mass is 32.2. The molecular formula is C20H24N2O3S. The van der Waals surface area contributed by atoms with Crippen molar-refractivity contribution < 1.29 is 13.2 Å². The molecule has 0 atom stereocenters. The number of aryl methyl sites for hydroxylation is 1. The second-order valence-electron chi connectivity index (χ2n) is 6.61. The summed E-state index contributed by atoms with van der Waals surface area (Å²) in [5, 5.41) is 1.19. The van der Waals surface area contributed by atoms with Crippen molar-refractivity contribution in [2.24, 2.45) is 0 Å². The predicted octanol–water partition coefficient (Wildman–Crippen LogP) is 3.80. The molecule has 1 aliphatic carbocycles. The van der Waals surface area contributed by atoms with E-state index in [1.165, 1.54) is 18.2 Å². The SMILES string of the molecule is Cc1ccc(C=CS(=O)(=O)NCc2ccnc(OC3CCCC3)c2)cc1. The highest BCUT2D eigenvalue weighted by molar-refractivity contribution is 7.92. The van der Waals surface area contributed by atoms with E-state index in [-0.39, 0.29) is 12.6 Å². The van der Waals surface area contributed by atoms with Crippen LogP contribution in [0.3, 0.4) is 0 Å². The molecule has 1 N–H and O–H groups in total. The van der Waals surface area contributed by atoms with Gasteiger partial charge in [0, 0.05) is 24.2 Å². The molecule has 1 aliphatic rings. The number of ether oxygens (including phenoxy) is 1. The first-order valence-corrected chi connectivity index (χ1v) is 10.4. The van der Waals surface area contributed by atoms with E-state index in [0.29, 0.717) is 5.88 Å². The maximum atomic E-state index is 12.2. The second-order valence-corrected chi connectivity index (χ2v) is 8.26. The van der Waals surface area contributed by atoms with Gasteiger partial charge >= 0.3 is 0 Å². The van der Waals surface area contributed by atoms with Crippen molar-refractivity contribution in [3.05, 3.63) is 64.7 Å². The standard InChI is InChI=1S/C20H24N2O3S/c1-16-6-8-17(9-7-16)11-13-26(23,24)22-15-18-10-12-21-20(14-18)25-19-4-2-3-5-19/h6-14,19,22H,2-5,15H2,1H3. The van der Waals surface area contributed by atoms with Crippen LogP contribution in [0.25, 0.3) is 6.08 Å². The van der Waals surface area contributed by atoms with E-state index >= 15 is 0 Å². The second kappa shape index (κ2) is 8.47. The third kappa shape index (κ3) is 5.68. The van der Waals surface area contributed by atoms with Crippen LogP contribution in [0, 0.1) is 6.92 Å². The zero-order chi connectivity index (χ0) is 18.4. The highest BCUT2D eigenvalue weighted by Gasteiger charge is 2.17. The van der Waals surface area contributed by atoms with Gasteiger partial charge in [0.25, 0.3) is 0 Å². The molecule has 1 aromatic heterocycles. The van der Waals surface area contributed by atoms with Crippen molar-refractivity contribution in [3.63, 3.8) is 0 Å². The summed E-state index contributed by atoms with van der Waals surface area (Å²) < 4.78 is 32.8. The molecule has 1 saturated carbocycles. The summed E-state index contributed by atoms with van der Waals surface area (Å²) in [7, 11) is -3.52. The third-order valence-corrected chi connectivity index (χ3v) is 5.42.